The number of thiophene rings is 1. The predicted octanol–water partition coefficient (Wildman–Crippen LogP) is 3.05. The first-order valence-electron chi connectivity index (χ1n) is 7.02. The van der Waals surface area contributed by atoms with Crippen LogP contribution in [-0.2, 0) is 0 Å². The molecular weight excluding hydrogens is 290 g/mol. The summed E-state index contributed by atoms with van der Waals surface area (Å²) in [5, 5.41) is 8.00. The van der Waals surface area contributed by atoms with E-state index in [4.69, 9.17) is 5.73 Å². The molecule has 0 radical (unpaired) electrons. The fourth-order valence-electron chi connectivity index (χ4n) is 2.32. The number of ketones is 1. The summed E-state index contributed by atoms with van der Waals surface area (Å²) in [4.78, 5) is 14.0. The molecule has 4 N–H and O–H groups in total. The van der Waals surface area contributed by atoms with Crippen LogP contribution in [0.3, 0.4) is 0 Å². The van der Waals surface area contributed by atoms with Gasteiger partial charge in [-0.1, -0.05) is 13.8 Å². The van der Waals surface area contributed by atoms with Crippen molar-refractivity contribution < 1.29 is 4.79 Å². The van der Waals surface area contributed by atoms with Gasteiger partial charge in [-0.3, -0.25) is 4.79 Å². The van der Waals surface area contributed by atoms with Crippen LogP contribution in [-0.4, -0.2) is 31.2 Å². The number of piperidine rings is 1. The van der Waals surface area contributed by atoms with E-state index in [1.165, 1.54) is 11.3 Å². The molecule has 1 fully saturated rings. The Morgan fingerprint density at radius 1 is 1.45 bits per heavy atom. The predicted molar refractivity (Wildman–Crippen MR) is 89.2 cm³/mol. The Hall–Kier alpha value is -0.720. The first-order chi connectivity index (χ1) is 9.54. The number of rotatable bonds is 5. The number of nitrogens with one attached hydrogen (secondary N) is 2. The van der Waals surface area contributed by atoms with E-state index in [2.05, 4.69) is 10.6 Å². The van der Waals surface area contributed by atoms with Gasteiger partial charge in [0.25, 0.3) is 0 Å². The normalized spacial score (nSPS) is 16.6. The zero-order chi connectivity index (χ0) is 14.7. The van der Waals surface area contributed by atoms with E-state index < -0.39 is 0 Å². The Labute approximate surface area is 128 Å². The van der Waals surface area contributed by atoms with Crippen molar-refractivity contribution in [3.8, 4) is 0 Å². The number of carbonyl (C=O) groups excluding carboxylic acids is 1. The molecule has 0 saturated carbocycles. The fourth-order valence-corrected chi connectivity index (χ4v) is 4.51. The molecule has 0 atom stereocenters. The first kappa shape index (κ1) is 15.7. The fraction of sp³-hybridized carbons (Fsp3) is 0.643. The van der Waals surface area contributed by atoms with Crippen molar-refractivity contribution in [2.24, 2.45) is 5.92 Å². The van der Waals surface area contributed by atoms with Gasteiger partial charge in [0.05, 0.1) is 15.5 Å². The van der Waals surface area contributed by atoms with E-state index in [0.717, 1.165) is 35.8 Å². The van der Waals surface area contributed by atoms with Gasteiger partial charge in [-0.15, -0.1) is 23.1 Å². The highest BCUT2D eigenvalue weighted by Gasteiger charge is 2.24. The molecule has 1 aromatic rings. The number of Topliss-reactive ketones (excluding diaryl/α,β-unsaturated/α-hetero) is 1. The molecule has 112 valence electrons. The zero-order valence-corrected chi connectivity index (χ0v) is 13.9. The van der Waals surface area contributed by atoms with Crippen LogP contribution in [0.15, 0.2) is 4.90 Å². The SMILES string of the molecule is CSc1c(NC2CCNCC2)sc(C(=O)C(C)C)c1N. The van der Waals surface area contributed by atoms with Crippen molar-refractivity contribution in [1.29, 1.82) is 0 Å². The molecule has 2 heterocycles. The van der Waals surface area contributed by atoms with Gasteiger partial charge in [0.15, 0.2) is 5.78 Å². The maximum Gasteiger partial charge on any atom is 0.177 e. The van der Waals surface area contributed by atoms with Crippen molar-refractivity contribution in [2.45, 2.75) is 37.6 Å². The standard InChI is InChI=1S/C14H23N3OS2/c1-8(2)11(18)12-10(15)13(19-3)14(20-12)17-9-4-6-16-7-5-9/h8-9,16-17H,4-7,15H2,1-3H3. The maximum atomic E-state index is 12.2. The molecule has 1 aliphatic heterocycles. The van der Waals surface area contributed by atoms with Crippen molar-refractivity contribution >= 4 is 39.6 Å². The van der Waals surface area contributed by atoms with Crippen molar-refractivity contribution in [2.75, 3.05) is 30.4 Å². The summed E-state index contributed by atoms with van der Waals surface area (Å²) in [6.45, 7) is 5.93. The summed E-state index contributed by atoms with van der Waals surface area (Å²) in [7, 11) is 0. The van der Waals surface area contributed by atoms with Crippen LogP contribution in [0.1, 0.15) is 36.4 Å². The minimum Gasteiger partial charge on any atom is -0.396 e. The second-order valence-electron chi connectivity index (χ2n) is 5.39. The second kappa shape index (κ2) is 6.83. The molecule has 1 aliphatic rings. The van der Waals surface area contributed by atoms with Crippen molar-refractivity contribution in [3.63, 3.8) is 0 Å². The van der Waals surface area contributed by atoms with Crippen LogP contribution in [0.25, 0.3) is 0 Å². The topological polar surface area (TPSA) is 67.1 Å². The summed E-state index contributed by atoms with van der Waals surface area (Å²) < 4.78 is 0. The second-order valence-corrected chi connectivity index (χ2v) is 7.23. The van der Waals surface area contributed by atoms with Gasteiger partial charge in [0.2, 0.25) is 0 Å². The lowest BCUT2D eigenvalue weighted by Gasteiger charge is -2.24. The Morgan fingerprint density at radius 2 is 2.10 bits per heavy atom. The molecule has 1 aromatic heterocycles. The van der Waals surface area contributed by atoms with Gasteiger partial charge in [-0.25, -0.2) is 0 Å². The number of hydrogen-bond donors (Lipinski definition) is 3. The van der Waals surface area contributed by atoms with Crippen LogP contribution in [0.4, 0.5) is 10.7 Å². The van der Waals surface area contributed by atoms with Gasteiger partial charge < -0.3 is 16.4 Å². The number of thioether (sulfide) groups is 1. The number of nitrogens with two attached hydrogens (primary N) is 1. The van der Waals surface area contributed by atoms with Gasteiger partial charge >= 0.3 is 0 Å². The summed E-state index contributed by atoms with van der Waals surface area (Å²) >= 11 is 3.13. The quantitative estimate of drug-likeness (QED) is 0.576. The van der Waals surface area contributed by atoms with E-state index in [0.29, 0.717) is 16.6 Å². The van der Waals surface area contributed by atoms with Crippen molar-refractivity contribution in [3.05, 3.63) is 4.88 Å². The zero-order valence-electron chi connectivity index (χ0n) is 12.3. The minimum atomic E-state index is -0.0163. The minimum absolute atomic E-state index is 0.0163. The number of anilines is 2. The van der Waals surface area contributed by atoms with Crippen molar-refractivity contribution in [1.82, 2.24) is 5.32 Å². The molecule has 0 aliphatic carbocycles. The third-order valence-corrected chi connectivity index (χ3v) is 5.64. The lowest BCUT2D eigenvalue weighted by atomic mass is 10.1. The Kier molecular flexibility index (Phi) is 5.35. The summed E-state index contributed by atoms with van der Waals surface area (Å²) in [5.74, 6) is 0.124. The molecule has 0 aromatic carbocycles. The molecule has 6 heteroatoms. The van der Waals surface area contributed by atoms with E-state index in [-0.39, 0.29) is 11.7 Å². The largest absolute Gasteiger partial charge is 0.396 e. The molecule has 1 saturated heterocycles. The highest BCUT2D eigenvalue weighted by molar-refractivity contribution is 7.99. The summed E-state index contributed by atoms with van der Waals surface area (Å²) in [6.07, 6.45) is 4.23. The molecule has 2 rings (SSSR count). The molecule has 4 nitrogen and oxygen atoms in total. The molecular formula is C14H23N3OS2. The maximum absolute atomic E-state index is 12.2. The van der Waals surface area contributed by atoms with Gasteiger partial charge in [0.1, 0.15) is 5.00 Å². The number of carbonyl (C=O) groups is 1. The lowest BCUT2D eigenvalue weighted by Crippen LogP contribution is -2.35. The van der Waals surface area contributed by atoms with Crippen LogP contribution in [0.5, 0.6) is 0 Å². The Balaban J connectivity index is 2.23. The van der Waals surface area contributed by atoms with E-state index in [1.54, 1.807) is 11.8 Å². The van der Waals surface area contributed by atoms with Crippen LogP contribution in [0, 0.1) is 5.92 Å². The highest BCUT2D eigenvalue weighted by Crippen LogP contribution is 2.43. The Bertz CT molecular complexity index is 479. The molecule has 0 bridgehead atoms. The third-order valence-electron chi connectivity index (χ3n) is 3.53. The molecule has 0 amide bonds. The van der Waals surface area contributed by atoms with E-state index >= 15 is 0 Å². The van der Waals surface area contributed by atoms with Gasteiger partial charge in [-0.05, 0) is 32.2 Å². The monoisotopic (exact) mass is 313 g/mol. The number of hydrogen-bond acceptors (Lipinski definition) is 6. The molecule has 0 unspecified atom stereocenters. The summed E-state index contributed by atoms with van der Waals surface area (Å²) in [5.41, 5.74) is 6.83. The Morgan fingerprint density at radius 3 is 2.65 bits per heavy atom. The van der Waals surface area contributed by atoms with Gasteiger partial charge in [0, 0.05) is 12.0 Å². The van der Waals surface area contributed by atoms with Crippen LogP contribution >= 0.6 is 23.1 Å². The average molecular weight is 313 g/mol. The van der Waals surface area contributed by atoms with Gasteiger partial charge in [-0.2, -0.15) is 0 Å². The molecule has 20 heavy (non-hydrogen) atoms. The lowest BCUT2D eigenvalue weighted by molar-refractivity contribution is 0.0944. The highest BCUT2D eigenvalue weighted by atomic mass is 32.2. The third kappa shape index (κ3) is 3.30. The summed E-state index contributed by atoms with van der Waals surface area (Å²) in [6, 6.07) is 0.474. The smallest absolute Gasteiger partial charge is 0.177 e. The average Bonchev–Trinajstić information content (AvgIpc) is 2.75. The van der Waals surface area contributed by atoms with Crippen LogP contribution < -0.4 is 16.4 Å². The molecule has 0 spiro atoms. The van der Waals surface area contributed by atoms with Crippen LogP contribution in [0.2, 0.25) is 0 Å². The van der Waals surface area contributed by atoms with E-state index in [9.17, 15) is 4.79 Å². The van der Waals surface area contributed by atoms with E-state index in [1.807, 2.05) is 20.1 Å². The number of nitrogen functional groups attached to an aromatic ring is 1. The first-order valence-corrected chi connectivity index (χ1v) is 9.06.